The zero-order valence-electron chi connectivity index (χ0n) is 10.6. The van der Waals surface area contributed by atoms with Crippen molar-refractivity contribution in [3.63, 3.8) is 0 Å². The number of aromatic nitrogens is 1. The average molecular weight is 257 g/mol. The fourth-order valence-electron chi connectivity index (χ4n) is 2.37. The van der Waals surface area contributed by atoms with Gasteiger partial charge in [-0.15, -0.1) is 0 Å². The Kier molecular flexibility index (Phi) is 3.05. The molecule has 2 aromatic rings. The number of benzene rings is 1. The second-order valence-corrected chi connectivity index (χ2v) is 4.46. The average Bonchev–Trinajstić information content (AvgIpc) is 2.47. The third-order valence-electron chi connectivity index (χ3n) is 3.33. The van der Waals surface area contributed by atoms with Gasteiger partial charge in [-0.05, 0) is 29.8 Å². The number of hydrogen-bond donors (Lipinski definition) is 2. The fourth-order valence-corrected chi connectivity index (χ4v) is 2.37. The molecule has 5 nitrogen and oxygen atoms in total. The van der Waals surface area contributed by atoms with Crippen molar-refractivity contribution in [2.24, 2.45) is 0 Å². The molecule has 1 saturated heterocycles. The number of hydrogen-bond acceptors (Lipinski definition) is 4. The molecule has 1 aliphatic heterocycles. The maximum Gasteiger partial charge on any atom is 0.241 e. The number of amides is 1. The number of carbonyl (C=O) groups excluding carboxylic acids is 1. The van der Waals surface area contributed by atoms with E-state index in [2.05, 4.69) is 15.6 Å². The second kappa shape index (κ2) is 4.85. The van der Waals surface area contributed by atoms with Crippen molar-refractivity contribution in [2.75, 3.05) is 20.2 Å². The van der Waals surface area contributed by atoms with E-state index in [0.29, 0.717) is 6.54 Å². The van der Waals surface area contributed by atoms with E-state index >= 15 is 0 Å². The summed E-state index contributed by atoms with van der Waals surface area (Å²) in [4.78, 5) is 16.3. The van der Waals surface area contributed by atoms with Crippen molar-refractivity contribution < 1.29 is 9.53 Å². The van der Waals surface area contributed by atoms with Gasteiger partial charge in [0.25, 0.3) is 0 Å². The molecule has 1 unspecified atom stereocenters. The molecule has 0 bridgehead atoms. The zero-order chi connectivity index (χ0) is 13.2. The molecule has 0 spiro atoms. The minimum Gasteiger partial charge on any atom is -0.497 e. The van der Waals surface area contributed by atoms with Crippen molar-refractivity contribution >= 4 is 16.8 Å². The predicted molar refractivity (Wildman–Crippen MR) is 72.0 cm³/mol. The van der Waals surface area contributed by atoms with Gasteiger partial charge in [-0.1, -0.05) is 0 Å². The predicted octanol–water partition coefficient (Wildman–Crippen LogP) is 1.00. The van der Waals surface area contributed by atoms with Gasteiger partial charge in [-0.2, -0.15) is 0 Å². The first-order chi connectivity index (χ1) is 9.29. The first-order valence-corrected chi connectivity index (χ1v) is 6.23. The highest BCUT2D eigenvalue weighted by Crippen LogP contribution is 2.27. The molecule has 0 radical (unpaired) electrons. The molecule has 3 rings (SSSR count). The van der Waals surface area contributed by atoms with Crippen LogP contribution in [0.2, 0.25) is 0 Å². The Hall–Kier alpha value is -2.14. The van der Waals surface area contributed by atoms with Gasteiger partial charge in [-0.25, -0.2) is 0 Å². The van der Waals surface area contributed by atoms with E-state index in [9.17, 15) is 4.79 Å². The summed E-state index contributed by atoms with van der Waals surface area (Å²) in [7, 11) is 1.63. The summed E-state index contributed by atoms with van der Waals surface area (Å²) in [6, 6.07) is 7.24. The smallest absolute Gasteiger partial charge is 0.241 e. The van der Waals surface area contributed by atoms with Crippen LogP contribution >= 0.6 is 0 Å². The van der Waals surface area contributed by atoms with Gasteiger partial charge in [-0.3, -0.25) is 9.78 Å². The van der Waals surface area contributed by atoms with Crippen LogP contribution in [-0.4, -0.2) is 31.1 Å². The number of ether oxygens (including phenoxy) is 1. The number of nitrogens with one attached hydrogen (secondary N) is 2. The highest BCUT2D eigenvalue weighted by atomic mass is 16.5. The van der Waals surface area contributed by atoms with Gasteiger partial charge >= 0.3 is 0 Å². The minimum atomic E-state index is -0.327. The molecular weight excluding hydrogens is 242 g/mol. The van der Waals surface area contributed by atoms with Crippen molar-refractivity contribution in [1.82, 2.24) is 15.6 Å². The first kappa shape index (κ1) is 11.9. The summed E-state index contributed by atoms with van der Waals surface area (Å²) in [6.45, 7) is 1.44. The number of pyridine rings is 1. The Morgan fingerprint density at radius 2 is 2.21 bits per heavy atom. The summed E-state index contributed by atoms with van der Waals surface area (Å²) in [5.74, 6) is 0.763. The SMILES string of the molecule is COc1ccc2nccc(C3NCCNC3=O)c2c1. The number of carbonyl (C=O) groups is 1. The number of piperazine rings is 1. The Labute approximate surface area is 111 Å². The topological polar surface area (TPSA) is 63.2 Å². The molecule has 0 aliphatic carbocycles. The molecule has 1 atom stereocenters. The maximum absolute atomic E-state index is 12.0. The Morgan fingerprint density at radius 3 is 3.00 bits per heavy atom. The molecule has 19 heavy (non-hydrogen) atoms. The van der Waals surface area contributed by atoms with Crippen LogP contribution in [-0.2, 0) is 4.79 Å². The normalized spacial score (nSPS) is 19.2. The van der Waals surface area contributed by atoms with Crippen molar-refractivity contribution in [1.29, 1.82) is 0 Å². The van der Waals surface area contributed by atoms with Crippen LogP contribution < -0.4 is 15.4 Å². The van der Waals surface area contributed by atoms with Crippen LogP contribution in [0.25, 0.3) is 10.9 Å². The molecule has 5 heteroatoms. The zero-order valence-corrected chi connectivity index (χ0v) is 10.6. The van der Waals surface area contributed by atoms with E-state index in [1.807, 2.05) is 24.3 Å². The van der Waals surface area contributed by atoms with Crippen molar-refractivity contribution in [3.8, 4) is 5.75 Å². The van der Waals surface area contributed by atoms with Crippen LogP contribution in [0.5, 0.6) is 5.75 Å². The number of fused-ring (bicyclic) bond motifs is 1. The lowest BCUT2D eigenvalue weighted by molar-refractivity contribution is -0.124. The number of nitrogens with zero attached hydrogens (tertiary/aromatic N) is 1. The van der Waals surface area contributed by atoms with Crippen molar-refractivity contribution in [2.45, 2.75) is 6.04 Å². The van der Waals surface area contributed by atoms with E-state index in [-0.39, 0.29) is 11.9 Å². The molecule has 98 valence electrons. The van der Waals surface area contributed by atoms with Gasteiger partial charge in [0.2, 0.25) is 5.91 Å². The van der Waals surface area contributed by atoms with Crippen molar-refractivity contribution in [3.05, 3.63) is 36.0 Å². The third kappa shape index (κ3) is 2.13. The Balaban J connectivity index is 2.13. The van der Waals surface area contributed by atoms with E-state index < -0.39 is 0 Å². The lowest BCUT2D eigenvalue weighted by Crippen LogP contribution is -2.47. The highest BCUT2D eigenvalue weighted by molar-refractivity contribution is 5.92. The van der Waals surface area contributed by atoms with E-state index in [1.54, 1.807) is 13.3 Å². The first-order valence-electron chi connectivity index (χ1n) is 6.23. The number of methoxy groups -OCH3 is 1. The van der Waals surface area contributed by atoms with E-state index in [0.717, 1.165) is 28.8 Å². The summed E-state index contributed by atoms with van der Waals surface area (Å²) in [6.07, 6.45) is 1.73. The van der Waals surface area contributed by atoms with Gasteiger partial charge in [0, 0.05) is 24.7 Å². The van der Waals surface area contributed by atoms with Gasteiger partial charge in [0.15, 0.2) is 0 Å². The molecule has 1 fully saturated rings. The summed E-state index contributed by atoms with van der Waals surface area (Å²) >= 11 is 0. The van der Waals surface area contributed by atoms with Crippen LogP contribution in [0.4, 0.5) is 0 Å². The maximum atomic E-state index is 12.0. The molecular formula is C14H15N3O2. The van der Waals surface area contributed by atoms with Gasteiger partial charge in [0.1, 0.15) is 11.8 Å². The molecule has 1 aliphatic rings. The monoisotopic (exact) mass is 257 g/mol. The van der Waals surface area contributed by atoms with Crippen LogP contribution in [0.15, 0.2) is 30.5 Å². The summed E-state index contributed by atoms with van der Waals surface area (Å²) in [5, 5.41) is 7.05. The van der Waals surface area contributed by atoms with E-state index in [1.165, 1.54) is 0 Å². The molecule has 0 saturated carbocycles. The van der Waals surface area contributed by atoms with Crippen LogP contribution in [0.1, 0.15) is 11.6 Å². The molecule has 1 amide bonds. The van der Waals surface area contributed by atoms with Gasteiger partial charge in [0.05, 0.1) is 12.6 Å². The largest absolute Gasteiger partial charge is 0.497 e. The molecule has 1 aromatic carbocycles. The lowest BCUT2D eigenvalue weighted by Gasteiger charge is -2.24. The van der Waals surface area contributed by atoms with E-state index in [4.69, 9.17) is 4.74 Å². The quantitative estimate of drug-likeness (QED) is 0.842. The summed E-state index contributed by atoms with van der Waals surface area (Å²) in [5.41, 5.74) is 1.79. The molecule has 1 aromatic heterocycles. The Morgan fingerprint density at radius 1 is 1.32 bits per heavy atom. The summed E-state index contributed by atoms with van der Waals surface area (Å²) < 4.78 is 5.24. The molecule has 2 heterocycles. The Bertz CT molecular complexity index is 627. The van der Waals surface area contributed by atoms with Crippen LogP contribution in [0, 0.1) is 0 Å². The van der Waals surface area contributed by atoms with Crippen LogP contribution in [0.3, 0.4) is 0 Å². The highest BCUT2D eigenvalue weighted by Gasteiger charge is 2.24. The standard InChI is InChI=1S/C14H15N3O2/c1-19-9-2-3-12-11(8-9)10(4-5-15-12)13-14(18)17-7-6-16-13/h2-5,8,13,16H,6-7H2,1H3,(H,17,18). The van der Waals surface area contributed by atoms with Gasteiger partial charge < -0.3 is 15.4 Å². The lowest BCUT2D eigenvalue weighted by atomic mass is 10.00. The fraction of sp³-hybridized carbons (Fsp3) is 0.286. The molecule has 2 N–H and O–H groups in total. The third-order valence-corrected chi connectivity index (χ3v) is 3.33. The second-order valence-electron chi connectivity index (χ2n) is 4.46. The minimum absolute atomic E-state index is 0.00145. The number of rotatable bonds is 2.